The second kappa shape index (κ2) is 5.40. The highest BCUT2D eigenvalue weighted by Crippen LogP contribution is 2.24. The van der Waals surface area contributed by atoms with Gasteiger partial charge in [-0.15, -0.1) is 0 Å². The molecule has 0 aliphatic carbocycles. The number of carbonyl (C=O) groups is 2. The van der Waals surface area contributed by atoms with Gasteiger partial charge in [0.2, 0.25) is 5.91 Å². The summed E-state index contributed by atoms with van der Waals surface area (Å²) in [5.74, 6) is -1.25. The average molecular weight is 286 g/mol. The Balaban J connectivity index is 1.85. The second-order valence-electron chi connectivity index (χ2n) is 5.02. The monoisotopic (exact) mass is 286 g/mol. The van der Waals surface area contributed by atoms with Crippen LogP contribution in [0.15, 0.2) is 41.1 Å². The summed E-state index contributed by atoms with van der Waals surface area (Å²) >= 11 is 0. The highest BCUT2D eigenvalue weighted by atomic mass is 16.5. The van der Waals surface area contributed by atoms with E-state index in [1.165, 1.54) is 11.2 Å². The van der Waals surface area contributed by atoms with Gasteiger partial charge in [-0.05, 0) is 11.1 Å². The van der Waals surface area contributed by atoms with Gasteiger partial charge >= 0.3 is 5.97 Å². The number of hydrogen-bond donors (Lipinski definition) is 1. The van der Waals surface area contributed by atoms with Gasteiger partial charge in [0.15, 0.2) is 0 Å². The van der Waals surface area contributed by atoms with Crippen molar-refractivity contribution in [1.29, 1.82) is 0 Å². The predicted octanol–water partition coefficient (Wildman–Crippen LogP) is 1.26. The van der Waals surface area contributed by atoms with Crippen LogP contribution < -0.4 is 0 Å². The van der Waals surface area contributed by atoms with Crippen LogP contribution in [0, 0.1) is 0 Å². The minimum atomic E-state index is -0.988. The molecule has 0 radical (unpaired) electrons. The number of fused-ring (bicyclic) bond motifs is 1. The van der Waals surface area contributed by atoms with Gasteiger partial charge in [0.05, 0.1) is 12.1 Å². The molecule has 1 aromatic carbocycles. The van der Waals surface area contributed by atoms with Crippen molar-refractivity contribution in [2.75, 3.05) is 0 Å². The zero-order valence-electron chi connectivity index (χ0n) is 11.2. The van der Waals surface area contributed by atoms with E-state index in [1.54, 1.807) is 6.07 Å². The first-order chi connectivity index (χ1) is 10.1. The number of benzene rings is 1. The number of carbonyl (C=O) groups excluding carboxylic acids is 1. The van der Waals surface area contributed by atoms with Crippen LogP contribution in [0.3, 0.4) is 0 Å². The van der Waals surface area contributed by atoms with E-state index in [9.17, 15) is 14.7 Å². The SMILES string of the molecule is O=C(O)C1Cc2ccccc2CN1C(=O)Cc1ccon1. The van der Waals surface area contributed by atoms with E-state index in [0.717, 1.165) is 11.1 Å². The van der Waals surface area contributed by atoms with Crippen molar-refractivity contribution in [3.63, 3.8) is 0 Å². The molecule has 0 spiro atoms. The highest BCUT2D eigenvalue weighted by molar-refractivity contribution is 5.85. The van der Waals surface area contributed by atoms with E-state index in [0.29, 0.717) is 18.7 Å². The molecule has 1 unspecified atom stereocenters. The Bertz CT molecular complexity index is 666. The molecule has 0 saturated heterocycles. The van der Waals surface area contributed by atoms with E-state index in [1.807, 2.05) is 24.3 Å². The van der Waals surface area contributed by atoms with Crippen LogP contribution in [0.1, 0.15) is 16.8 Å². The average Bonchev–Trinajstić information content (AvgIpc) is 2.98. The summed E-state index contributed by atoms with van der Waals surface area (Å²) in [6.45, 7) is 0.309. The molecule has 1 N–H and O–H groups in total. The normalized spacial score (nSPS) is 17.3. The first kappa shape index (κ1) is 13.4. The molecule has 1 aromatic heterocycles. The second-order valence-corrected chi connectivity index (χ2v) is 5.02. The van der Waals surface area contributed by atoms with Gasteiger partial charge in [-0.25, -0.2) is 4.79 Å². The maximum absolute atomic E-state index is 12.4. The Morgan fingerprint density at radius 2 is 2.05 bits per heavy atom. The van der Waals surface area contributed by atoms with Crippen molar-refractivity contribution in [2.45, 2.75) is 25.4 Å². The molecule has 108 valence electrons. The largest absolute Gasteiger partial charge is 0.480 e. The minimum Gasteiger partial charge on any atom is -0.480 e. The number of rotatable bonds is 3. The predicted molar refractivity (Wildman–Crippen MR) is 72.3 cm³/mol. The molecular formula is C15H14N2O4. The maximum atomic E-state index is 12.4. The van der Waals surface area contributed by atoms with E-state index in [-0.39, 0.29) is 12.3 Å². The summed E-state index contributed by atoms with van der Waals surface area (Å²) in [4.78, 5) is 25.2. The van der Waals surface area contributed by atoms with Gasteiger partial charge in [0, 0.05) is 19.0 Å². The fourth-order valence-electron chi connectivity index (χ4n) is 2.59. The zero-order valence-corrected chi connectivity index (χ0v) is 11.2. The Hall–Kier alpha value is -2.63. The molecule has 1 aliphatic heterocycles. The van der Waals surface area contributed by atoms with Gasteiger partial charge in [0.25, 0.3) is 0 Å². The third-order valence-corrected chi connectivity index (χ3v) is 3.68. The molecule has 0 fully saturated rings. The van der Waals surface area contributed by atoms with Gasteiger partial charge in [0.1, 0.15) is 12.3 Å². The Labute approximate surface area is 121 Å². The highest BCUT2D eigenvalue weighted by Gasteiger charge is 2.34. The van der Waals surface area contributed by atoms with Gasteiger partial charge in [-0.1, -0.05) is 29.4 Å². The van der Waals surface area contributed by atoms with Crippen LogP contribution in [0.2, 0.25) is 0 Å². The van der Waals surface area contributed by atoms with Crippen molar-refractivity contribution >= 4 is 11.9 Å². The van der Waals surface area contributed by atoms with Crippen LogP contribution in [0.25, 0.3) is 0 Å². The standard InChI is InChI=1S/C15H14N2O4/c18-14(8-12-5-6-21-16-12)17-9-11-4-2-1-3-10(11)7-13(17)15(19)20/h1-6,13H,7-9H2,(H,19,20). The lowest BCUT2D eigenvalue weighted by Crippen LogP contribution is -2.49. The summed E-state index contributed by atoms with van der Waals surface area (Å²) < 4.78 is 4.70. The van der Waals surface area contributed by atoms with Crippen molar-refractivity contribution in [3.05, 3.63) is 53.4 Å². The summed E-state index contributed by atoms with van der Waals surface area (Å²) in [6.07, 6.45) is 1.77. The van der Waals surface area contributed by atoms with Crippen molar-refractivity contribution < 1.29 is 19.2 Å². The number of amides is 1. The third-order valence-electron chi connectivity index (χ3n) is 3.68. The molecule has 2 heterocycles. The van der Waals surface area contributed by atoms with E-state index >= 15 is 0 Å². The molecule has 21 heavy (non-hydrogen) atoms. The number of nitrogens with zero attached hydrogens (tertiary/aromatic N) is 2. The van der Waals surface area contributed by atoms with E-state index in [4.69, 9.17) is 4.52 Å². The maximum Gasteiger partial charge on any atom is 0.326 e. The summed E-state index contributed by atoms with van der Waals surface area (Å²) in [7, 11) is 0. The molecular weight excluding hydrogens is 272 g/mol. The zero-order chi connectivity index (χ0) is 14.8. The number of carboxylic acid groups (broad SMARTS) is 1. The molecule has 3 rings (SSSR count). The first-order valence-electron chi connectivity index (χ1n) is 6.63. The Morgan fingerprint density at radius 1 is 1.29 bits per heavy atom. The molecule has 0 bridgehead atoms. The van der Waals surface area contributed by atoms with Gasteiger partial charge < -0.3 is 14.5 Å². The smallest absolute Gasteiger partial charge is 0.326 e. The van der Waals surface area contributed by atoms with Crippen molar-refractivity contribution in [1.82, 2.24) is 10.1 Å². The first-order valence-corrected chi connectivity index (χ1v) is 6.63. The molecule has 6 nitrogen and oxygen atoms in total. The van der Waals surface area contributed by atoms with Crippen LogP contribution >= 0.6 is 0 Å². The fourth-order valence-corrected chi connectivity index (χ4v) is 2.59. The lowest BCUT2D eigenvalue weighted by atomic mass is 9.93. The van der Waals surface area contributed by atoms with Gasteiger partial charge in [-0.3, -0.25) is 4.79 Å². The lowest BCUT2D eigenvalue weighted by molar-refractivity contribution is -0.151. The van der Waals surface area contributed by atoms with Gasteiger partial charge in [-0.2, -0.15) is 0 Å². The minimum absolute atomic E-state index is 0.0441. The number of hydrogen-bond acceptors (Lipinski definition) is 4. The summed E-state index contributed by atoms with van der Waals surface area (Å²) in [5, 5.41) is 13.1. The molecule has 6 heteroatoms. The Morgan fingerprint density at radius 3 is 2.71 bits per heavy atom. The van der Waals surface area contributed by atoms with Crippen molar-refractivity contribution in [2.24, 2.45) is 0 Å². The van der Waals surface area contributed by atoms with E-state index in [2.05, 4.69) is 5.16 Å². The van der Waals surface area contributed by atoms with Crippen LogP contribution in [-0.2, 0) is 29.0 Å². The quantitative estimate of drug-likeness (QED) is 0.918. The summed E-state index contributed by atoms with van der Waals surface area (Å²) in [6, 6.07) is 8.37. The molecule has 1 atom stereocenters. The van der Waals surface area contributed by atoms with E-state index < -0.39 is 12.0 Å². The topological polar surface area (TPSA) is 83.6 Å². The number of aromatic nitrogens is 1. The fraction of sp³-hybridized carbons (Fsp3) is 0.267. The lowest BCUT2D eigenvalue weighted by Gasteiger charge is -2.34. The van der Waals surface area contributed by atoms with Crippen LogP contribution in [-0.4, -0.2) is 33.1 Å². The van der Waals surface area contributed by atoms with Crippen LogP contribution in [0.5, 0.6) is 0 Å². The summed E-state index contributed by atoms with van der Waals surface area (Å²) in [5.41, 5.74) is 2.47. The molecule has 1 aliphatic rings. The molecule has 1 amide bonds. The molecule has 0 saturated carbocycles. The number of aliphatic carboxylic acids is 1. The number of carboxylic acids is 1. The third kappa shape index (κ3) is 2.65. The van der Waals surface area contributed by atoms with Crippen molar-refractivity contribution in [3.8, 4) is 0 Å². The van der Waals surface area contributed by atoms with Crippen LogP contribution in [0.4, 0.5) is 0 Å². The molecule has 2 aromatic rings. The Kier molecular flexibility index (Phi) is 3.43.